The fraction of sp³-hybridized carbons (Fsp3) is 0.714. The van der Waals surface area contributed by atoms with Gasteiger partial charge in [-0.25, -0.2) is 0 Å². The van der Waals surface area contributed by atoms with Crippen LogP contribution in [0.5, 0.6) is 0 Å². The van der Waals surface area contributed by atoms with Crippen LogP contribution >= 0.6 is 0 Å². The fourth-order valence-electron chi connectivity index (χ4n) is 2.70. The van der Waals surface area contributed by atoms with Crippen LogP contribution in [0.25, 0.3) is 0 Å². The molecule has 0 atom stereocenters. The summed E-state index contributed by atoms with van der Waals surface area (Å²) in [7, 11) is 0. The minimum absolute atomic E-state index is 0.442. The maximum absolute atomic E-state index is 10.2. The van der Waals surface area contributed by atoms with Crippen molar-refractivity contribution in [2.75, 3.05) is 6.54 Å². The number of nitrogens with one attached hydrogen (secondary N) is 1. The number of aromatic nitrogens is 1. The zero-order valence-electron chi connectivity index (χ0n) is 10.8. The van der Waals surface area contributed by atoms with E-state index in [4.69, 9.17) is 0 Å². The highest BCUT2D eigenvalue weighted by molar-refractivity contribution is 5.07. The highest BCUT2D eigenvalue weighted by Crippen LogP contribution is 2.28. The summed E-state index contributed by atoms with van der Waals surface area (Å²) in [5, 5.41) is 13.6. The van der Waals surface area contributed by atoms with E-state index in [1.165, 1.54) is 18.5 Å². The SMILES string of the molecule is CCCn1cccc1CNCC1(O)CCCC1. The molecule has 1 aliphatic rings. The molecule has 0 bridgehead atoms. The summed E-state index contributed by atoms with van der Waals surface area (Å²) in [6, 6.07) is 4.25. The first-order valence-electron chi connectivity index (χ1n) is 6.81. The average Bonchev–Trinajstić information content (AvgIpc) is 2.90. The molecule has 1 aromatic rings. The molecule has 0 unspecified atom stereocenters. The van der Waals surface area contributed by atoms with Gasteiger partial charge in [0.2, 0.25) is 0 Å². The van der Waals surface area contributed by atoms with Crippen LogP contribution in [0.4, 0.5) is 0 Å². The number of hydrogen-bond acceptors (Lipinski definition) is 2. The summed E-state index contributed by atoms with van der Waals surface area (Å²) in [6.45, 7) is 4.85. The van der Waals surface area contributed by atoms with Gasteiger partial charge in [-0.1, -0.05) is 19.8 Å². The van der Waals surface area contributed by atoms with Gasteiger partial charge in [-0.3, -0.25) is 0 Å². The number of rotatable bonds is 6. The van der Waals surface area contributed by atoms with Crippen molar-refractivity contribution in [1.82, 2.24) is 9.88 Å². The van der Waals surface area contributed by atoms with E-state index >= 15 is 0 Å². The van der Waals surface area contributed by atoms with Crippen LogP contribution in [0, 0.1) is 0 Å². The second kappa shape index (κ2) is 5.69. The predicted octanol–water partition coefficient (Wildman–Crippen LogP) is 2.29. The first-order chi connectivity index (χ1) is 8.23. The van der Waals surface area contributed by atoms with Crippen LogP contribution in [-0.2, 0) is 13.1 Å². The second-order valence-corrected chi connectivity index (χ2v) is 5.23. The van der Waals surface area contributed by atoms with Crippen molar-refractivity contribution in [3.05, 3.63) is 24.0 Å². The van der Waals surface area contributed by atoms with Gasteiger partial charge in [0.15, 0.2) is 0 Å². The van der Waals surface area contributed by atoms with E-state index in [9.17, 15) is 5.11 Å². The van der Waals surface area contributed by atoms with Gasteiger partial charge in [0.25, 0.3) is 0 Å². The largest absolute Gasteiger partial charge is 0.389 e. The Kier molecular flexibility index (Phi) is 4.24. The zero-order valence-corrected chi connectivity index (χ0v) is 10.8. The topological polar surface area (TPSA) is 37.2 Å². The lowest BCUT2D eigenvalue weighted by Gasteiger charge is -2.22. The maximum Gasteiger partial charge on any atom is 0.0771 e. The van der Waals surface area contributed by atoms with E-state index in [2.05, 4.69) is 35.1 Å². The molecule has 3 nitrogen and oxygen atoms in total. The van der Waals surface area contributed by atoms with Gasteiger partial charge in [-0.2, -0.15) is 0 Å². The van der Waals surface area contributed by atoms with Crippen LogP contribution in [0.3, 0.4) is 0 Å². The predicted molar refractivity (Wildman–Crippen MR) is 69.8 cm³/mol. The van der Waals surface area contributed by atoms with Crippen LogP contribution in [0.1, 0.15) is 44.7 Å². The van der Waals surface area contributed by atoms with Gasteiger partial charge in [0, 0.05) is 31.5 Å². The monoisotopic (exact) mass is 236 g/mol. The molecular weight excluding hydrogens is 212 g/mol. The van der Waals surface area contributed by atoms with E-state index in [1.54, 1.807) is 0 Å². The molecule has 2 N–H and O–H groups in total. The number of nitrogens with zero attached hydrogens (tertiary/aromatic N) is 1. The highest BCUT2D eigenvalue weighted by atomic mass is 16.3. The van der Waals surface area contributed by atoms with Crippen molar-refractivity contribution < 1.29 is 5.11 Å². The molecule has 0 radical (unpaired) electrons. The molecule has 1 heterocycles. The van der Waals surface area contributed by atoms with Gasteiger partial charge in [0.05, 0.1) is 5.60 Å². The van der Waals surface area contributed by atoms with Gasteiger partial charge in [0.1, 0.15) is 0 Å². The van der Waals surface area contributed by atoms with Crippen LogP contribution < -0.4 is 5.32 Å². The van der Waals surface area contributed by atoms with E-state index in [1.807, 2.05) is 0 Å². The lowest BCUT2D eigenvalue weighted by molar-refractivity contribution is 0.0473. The van der Waals surface area contributed by atoms with Gasteiger partial charge in [-0.05, 0) is 31.4 Å². The first-order valence-corrected chi connectivity index (χ1v) is 6.81. The highest BCUT2D eigenvalue weighted by Gasteiger charge is 2.30. The standard InChI is InChI=1S/C14H24N2O/c1-2-9-16-10-5-6-13(16)11-15-12-14(17)7-3-4-8-14/h5-6,10,15,17H,2-4,7-9,11-12H2,1H3. The Morgan fingerprint density at radius 2 is 2.18 bits per heavy atom. The molecular formula is C14H24N2O. The quantitative estimate of drug-likeness (QED) is 0.795. The van der Waals surface area contributed by atoms with Crippen LogP contribution in [0.15, 0.2) is 18.3 Å². The summed E-state index contributed by atoms with van der Waals surface area (Å²) in [4.78, 5) is 0. The zero-order chi connectivity index (χ0) is 12.1. The molecule has 0 amide bonds. The van der Waals surface area contributed by atoms with Crippen molar-refractivity contribution in [3.63, 3.8) is 0 Å². The van der Waals surface area contributed by atoms with Gasteiger partial charge >= 0.3 is 0 Å². The lowest BCUT2D eigenvalue weighted by Crippen LogP contribution is -2.37. The fourth-order valence-corrected chi connectivity index (χ4v) is 2.70. The Hall–Kier alpha value is -0.800. The molecule has 96 valence electrons. The number of hydrogen-bond donors (Lipinski definition) is 2. The third kappa shape index (κ3) is 3.33. The third-order valence-corrected chi connectivity index (χ3v) is 3.68. The van der Waals surface area contributed by atoms with Crippen molar-refractivity contribution in [1.29, 1.82) is 0 Å². The summed E-state index contributed by atoms with van der Waals surface area (Å²) >= 11 is 0. The molecule has 0 spiro atoms. The molecule has 0 aromatic carbocycles. The summed E-state index contributed by atoms with van der Waals surface area (Å²) in [6.07, 6.45) is 7.54. The molecule has 2 rings (SSSR count). The third-order valence-electron chi connectivity index (χ3n) is 3.68. The summed E-state index contributed by atoms with van der Waals surface area (Å²) in [5.74, 6) is 0. The van der Waals surface area contributed by atoms with E-state index < -0.39 is 5.60 Å². The Labute approximate surface area is 104 Å². The molecule has 1 saturated carbocycles. The Morgan fingerprint density at radius 1 is 1.41 bits per heavy atom. The van der Waals surface area contributed by atoms with Gasteiger partial charge < -0.3 is 15.0 Å². The molecule has 0 aliphatic heterocycles. The Morgan fingerprint density at radius 3 is 2.88 bits per heavy atom. The number of aryl methyl sites for hydroxylation is 1. The van der Waals surface area contributed by atoms with Crippen LogP contribution in [-0.4, -0.2) is 21.8 Å². The van der Waals surface area contributed by atoms with Crippen molar-refractivity contribution in [3.8, 4) is 0 Å². The molecule has 0 saturated heterocycles. The second-order valence-electron chi connectivity index (χ2n) is 5.23. The van der Waals surface area contributed by atoms with Crippen molar-refractivity contribution in [2.24, 2.45) is 0 Å². The molecule has 3 heteroatoms. The summed E-state index contributed by atoms with van der Waals surface area (Å²) in [5.41, 5.74) is 0.871. The van der Waals surface area contributed by atoms with E-state index in [-0.39, 0.29) is 0 Å². The minimum atomic E-state index is -0.442. The van der Waals surface area contributed by atoms with Crippen LogP contribution in [0.2, 0.25) is 0 Å². The smallest absolute Gasteiger partial charge is 0.0771 e. The molecule has 17 heavy (non-hydrogen) atoms. The normalized spacial score (nSPS) is 18.7. The minimum Gasteiger partial charge on any atom is -0.389 e. The Balaban J connectivity index is 1.79. The molecule has 1 aromatic heterocycles. The Bertz CT molecular complexity index is 340. The van der Waals surface area contributed by atoms with Crippen molar-refractivity contribution >= 4 is 0 Å². The lowest BCUT2D eigenvalue weighted by atomic mass is 10.0. The molecule has 1 fully saturated rings. The van der Waals surface area contributed by atoms with E-state index in [0.717, 1.165) is 38.9 Å². The van der Waals surface area contributed by atoms with Crippen molar-refractivity contribution in [2.45, 2.75) is 57.7 Å². The number of aliphatic hydroxyl groups is 1. The van der Waals surface area contributed by atoms with Gasteiger partial charge in [-0.15, -0.1) is 0 Å². The first kappa shape index (κ1) is 12.7. The average molecular weight is 236 g/mol. The van der Waals surface area contributed by atoms with E-state index in [0.29, 0.717) is 0 Å². The molecule has 1 aliphatic carbocycles. The maximum atomic E-state index is 10.2. The summed E-state index contributed by atoms with van der Waals surface area (Å²) < 4.78 is 2.28.